The lowest BCUT2D eigenvalue weighted by molar-refractivity contribution is -0.130. The molecule has 6 nitrogen and oxygen atoms in total. The van der Waals surface area contributed by atoms with Gasteiger partial charge in [0.25, 0.3) is 0 Å². The van der Waals surface area contributed by atoms with E-state index in [9.17, 15) is 17.6 Å². The van der Waals surface area contributed by atoms with Crippen molar-refractivity contribution in [3.05, 3.63) is 30.1 Å². The molecule has 3 rings (SSSR count). The summed E-state index contributed by atoms with van der Waals surface area (Å²) >= 11 is 0. The van der Waals surface area contributed by atoms with Gasteiger partial charge in [-0.3, -0.25) is 4.79 Å². The molecule has 8 heteroatoms. The third-order valence-electron chi connectivity index (χ3n) is 4.98. The molecule has 0 aliphatic carbocycles. The van der Waals surface area contributed by atoms with E-state index in [-0.39, 0.29) is 29.0 Å². The fourth-order valence-electron chi connectivity index (χ4n) is 3.73. The van der Waals surface area contributed by atoms with Crippen LogP contribution in [0.15, 0.2) is 29.2 Å². The SMILES string of the molecule is CN1C[C@@H]2CNC[C@]2(C(=O)NCCS(=O)(=O)c2ccc(F)cc2)C1. The zero-order valence-corrected chi connectivity index (χ0v) is 14.4. The smallest absolute Gasteiger partial charge is 0.229 e. The lowest BCUT2D eigenvalue weighted by atomic mass is 9.80. The highest BCUT2D eigenvalue weighted by Crippen LogP contribution is 2.38. The highest BCUT2D eigenvalue weighted by molar-refractivity contribution is 7.91. The second-order valence-corrected chi connectivity index (χ2v) is 8.82. The number of fused-ring (bicyclic) bond motifs is 1. The van der Waals surface area contributed by atoms with Crippen molar-refractivity contribution in [2.75, 3.05) is 45.5 Å². The summed E-state index contributed by atoms with van der Waals surface area (Å²) in [5.74, 6) is -0.507. The van der Waals surface area contributed by atoms with Crippen molar-refractivity contribution in [1.29, 1.82) is 0 Å². The van der Waals surface area contributed by atoms with E-state index < -0.39 is 21.1 Å². The first-order valence-corrected chi connectivity index (χ1v) is 9.65. The quantitative estimate of drug-likeness (QED) is 0.720. The van der Waals surface area contributed by atoms with Crippen molar-refractivity contribution < 1.29 is 17.6 Å². The number of benzene rings is 1. The van der Waals surface area contributed by atoms with Gasteiger partial charge >= 0.3 is 0 Å². The van der Waals surface area contributed by atoms with Gasteiger partial charge in [0.1, 0.15) is 5.82 Å². The molecule has 132 valence electrons. The first-order valence-electron chi connectivity index (χ1n) is 7.99. The molecule has 2 aliphatic heterocycles. The number of carbonyl (C=O) groups is 1. The molecule has 2 saturated heterocycles. The maximum absolute atomic E-state index is 12.9. The average molecular weight is 355 g/mol. The summed E-state index contributed by atoms with van der Waals surface area (Å²) in [6.07, 6.45) is 0. The van der Waals surface area contributed by atoms with E-state index in [1.54, 1.807) is 0 Å². The average Bonchev–Trinajstić information content (AvgIpc) is 3.04. The van der Waals surface area contributed by atoms with Crippen molar-refractivity contribution in [2.45, 2.75) is 4.90 Å². The molecule has 2 N–H and O–H groups in total. The van der Waals surface area contributed by atoms with Gasteiger partial charge in [0.15, 0.2) is 9.84 Å². The van der Waals surface area contributed by atoms with E-state index in [1.165, 1.54) is 12.1 Å². The summed E-state index contributed by atoms with van der Waals surface area (Å²) in [6, 6.07) is 4.73. The summed E-state index contributed by atoms with van der Waals surface area (Å²) in [5.41, 5.74) is -0.464. The molecule has 1 aromatic carbocycles. The Balaban J connectivity index is 1.60. The maximum atomic E-state index is 12.9. The third kappa shape index (κ3) is 3.18. The Morgan fingerprint density at radius 1 is 1.42 bits per heavy atom. The first kappa shape index (κ1) is 17.3. The number of halogens is 1. The number of nitrogens with zero attached hydrogens (tertiary/aromatic N) is 1. The van der Waals surface area contributed by atoms with Crippen LogP contribution in [0.3, 0.4) is 0 Å². The molecule has 0 unspecified atom stereocenters. The third-order valence-corrected chi connectivity index (χ3v) is 6.71. The Morgan fingerprint density at radius 3 is 2.83 bits per heavy atom. The van der Waals surface area contributed by atoms with Crippen LogP contribution in [0.1, 0.15) is 0 Å². The Hall–Kier alpha value is -1.51. The number of hydrogen-bond acceptors (Lipinski definition) is 5. The first-order chi connectivity index (χ1) is 11.3. The molecule has 0 aromatic heterocycles. The van der Waals surface area contributed by atoms with Gasteiger partial charge in [-0.1, -0.05) is 0 Å². The minimum absolute atomic E-state index is 0.0523. The van der Waals surface area contributed by atoms with Crippen LogP contribution in [-0.4, -0.2) is 64.7 Å². The van der Waals surface area contributed by atoms with Gasteiger partial charge in [-0.05, 0) is 31.3 Å². The molecular formula is C16H22FN3O3S. The van der Waals surface area contributed by atoms with E-state index in [4.69, 9.17) is 0 Å². The number of carbonyl (C=O) groups excluding carboxylic acids is 1. The summed E-state index contributed by atoms with van der Waals surface area (Å²) < 4.78 is 37.4. The van der Waals surface area contributed by atoms with Crippen LogP contribution in [0.25, 0.3) is 0 Å². The summed E-state index contributed by atoms with van der Waals surface area (Å²) in [6.45, 7) is 3.04. The summed E-state index contributed by atoms with van der Waals surface area (Å²) in [5, 5.41) is 6.05. The van der Waals surface area contributed by atoms with Crippen molar-refractivity contribution in [3.8, 4) is 0 Å². The van der Waals surface area contributed by atoms with Crippen LogP contribution in [0.2, 0.25) is 0 Å². The van der Waals surface area contributed by atoms with Gasteiger partial charge in [0, 0.05) is 38.6 Å². The highest BCUT2D eigenvalue weighted by atomic mass is 32.2. The zero-order valence-electron chi connectivity index (χ0n) is 13.6. The van der Waals surface area contributed by atoms with Crippen LogP contribution >= 0.6 is 0 Å². The van der Waals surface area contributed by atoms with Gasteiger partial charge in [0.05, 0.1) is 16.1 Å². The molecular weight excluding hydrogens is 333 g/mol. The fourth-order valence-corrected chi connectivity index (χ4v) is 4.89. The van der Waals surface area contributed by atoms with E-state index in [2.05, 4.69) is 15.5 Å². The molecule has 0 spiro atoms. The predicted molar refractivity (Wildman–Crippen MR) is 87.8 cm³/mol. The number of rotatable bonds is 5. The Kier molecular flexibility index (Phi) is 4.63. The van der Waals surface area contributed by atoms with Gasteiger partial charge in [-0.25, -0.2) is 12.8 Å². The molecule has 2 atom stereocenters. The Labute approximate surface area is 141 Å². The number of sulfone groups is 1. The van der Waals surface area contributed by atoms with Gasteiger partial charge in [-0.2, -0.15) is 0 Å². The molecule has 1 amide bonds. The molecule has 24 heavy (non-hydrogen) atoms. The van der Waals surface area contributed by atoms with Crippen LogP contribution < -0.4 is 10.6 Å². The van der Waals surface area contributed by atoms with E-state index in [1.807, 2.05) is 7.05 Å². The van der Waals surface area contributed by atoms with E-state index in [0.717, 1.165) is 25.2 Å². The normalized spacial score (nSPS) is 27.2. The van der Waals surface area contributed by atoms with Crippen LogP contribution in [0.4, 0.5) is 4.39 Å². The predicted octanol–water partition coefficient (Wildman–Crippen LogP) is -0.133. The largest absolute Gasteiger partial charge is 0.354 e. The molecule has 2 aliphatic rings. The molecule has 1 aromatic rings. The van der Waals surface area contributed by atoms with Crippen LogP contribution in [0.5, 0.6) is 0 Å². The van der Waals surface area contributed by atoms with Crippen molar-refractivity contribution in [1.82, 2.24) is 15.5 Å². The molecule has 0 radical (unpaired) electrons. The molecule has 2 heterocycles. The Morgan fingerprint density at radius 2 is 2.12 bits per heavy atom. The standard InChI is InChI=1S/C16H22FN3O3S/c1-20-9-12-8-18-10-16(12,11-20)15(21)19-6-7-24(22,23)14-4-2-13(17)3-5-14/h2-5,12,18H,6-11H2,1H3,(H,19,21)/t12-,16-/m0/s1. The molecule has 0 bridgehead atoms. The van der Waals surface area contributed by atoms with Crippen LogP contribution in [0, 0.1) is 17.2 Å². The van der Waals surface area contributed by atoms with E-state index >= 15 is 0 Å². The van der Waals surface area contributed by atoms with E-state index in [0.29, 0.717) is 13.1 Å². The van der Waals surface area contributed by atoms with Crippen molar-refractivity contribution in [3.63, 3.8) is 0 Å². The van der Waals surface area contributed by atoms with Crippen molar-refractivity contribution >= 4 is 15.7 Å². The fraction of sp³-hybridized carbons (Fsp3) is 0.562. The highest BCUT2D eigenvalue weighted by Gasteiger charge is 2.53. The molecule has 0 saturated carbocycles. The summed E-state index contributed by atoms with van der Waals surface area (Å²) in [7, 11) is -1.55. The van der Waals surface area contributed by atoms with Gasteiger partial charge < -0.3 is 15.5 Å². The molecule has 2 fully saturated rings. The monoisotopic (exact) mass is 355 g/mol. The van der Waals surface area contributed by atoms with Gasteiger partial charge in [-0.15, -0.1) is 0 Å². The zero-order chi connectivity index (χ0) is 17.4. The lowest BCUT2D eigenvalue weighted by Crippen LogP contribution is -2.48. The number of nitrogens with one attached hydrogen (secondary N) is 2. The number of amides is 1. The second-order valence-electron chi connectivity index (χ2n) is 6.71. The number of likely N-dealkylation sites (tertiary alicyclic amines) is 1. The topological polar surface area (TPSA) is 78.5 Å². The van der Waals surface area contributed by atoms with Crippen LogP contribution in [-0.2, 0) is 14.6 Å². The van der Waals surface area contributed by atoms with Gasteiger partial charge in [0.2, 0.25) is 5.91 Å². The Bertz CT molecular complexity index is 723. The minimum Gasteiger partial charge on any atom is -0.354 e. The minimum atomic E-state index is -3.54. The number of hydrogen-bond donors (Lipinski definition) is 2. The summed E-state index contributed by atoms with van der Waals surface area (Å²) in [4.78, 5) is 14.8. The lowest BCUT2D eigenvalue weighted by Gasteiger charge is -2.26. The van der Waals surface area contributed by atoms with Crippen molar-refractivity contribution in [2.24, 2.45) is 11.3 Å². The second kappa shape index (κ2) is 6.42. The maximum Gasteiger partial charge on any atom is 0.229 e.